The van der Waals surface area contributed by atoms with Crippen LogP contribution in [0.2, 0.25) is 0 Å². The maximum atomic E-state index is 14.4. The Morgan fingerprint density at radius 2 is 1.53 bits per heavy atom. The molecule has 0 fully saturated rings. The van der Waals surface area contributed by atoms with Crippen molar-refractivity contribution in [2.24, 2.45) is 29.6 Å². The lowest BCUT2D eigenvalue weighted by Gasteiger charge is -2.38. The van der Waals surface area contributed by atoms with E-state index in [-0.39, 0.29) is 104 Å². The Hall–Kier alpha value is -5.60. The number of thiazole rings is 1. The first kappa shape index (κ1) is 69.5. The number of carbonyl (C=O) groups is 9. The summed E-state index contributed by atoms with van der Waals surface area (Å²) in [7, 11) is 5.38. The molecule has 2 aromatic rings. The zero-order valence-electron chi connectivity index (χ0n) is 49.8. The molecule has 444 valence electrons. The first-order valence-corrected chi connectivity index (χ1v) is 29.2. The lowest BCUT2D eigenvalue weighted by atomic mass is 9.81. The van der Waals surface area contributed by atoms with Crippen molar-refractivity contribution in [3.63, 3.8) is 0 Å². The summed E-state index contributed by atoms with van der Waals surface area (Å²) in [4.78, 5) is 126. The number of hydrogen-bond acceptors (Lipinski definition) is 14. The van der Waals surface area contributed by atoms with Crippen LogP contribution in [0.25, 0.3) is 0 Å². The summed E-state index contributed by atoms with van der Waals surface area (Å²) < 4.78 is 11.2. The second-order valence-corrected chi connectivity index (χ2v) is 23.1. The molecule has 0 aliphatic rings. The van der Waals surface area contributed by atoms with Gasteiger partial charge in [0.1, 0.15) is 16.5 Å². The third-order valence-corrected chi connectivity index (χ3v) is 15.9. The Bertz CT molecular complexity index is 2320. The molecule has 0 spiro atoms. The van der Waals surface area contributed by atoms with Crippen molar-refractivity contribution in [3.05, 3.63) is 45.4 Å². The van der Waals surface area contributed by atoms with Crippen LogP contribution in [0.4, 0.5) is 5.69 Å². The molecule has 5 N–H and O–H groups in total. The normalized spacial score (nSPS) is 14.3. The number of esters is 1. The largest absolute Gasteiger partial charge is 0.481 e. The molecular weight excluding hydrogens is 1030 g/mol. The maximum Gasteiger partial charge on any atom is 0.306 e. The molecule has 0 saturated heterocycles. The lowest BCUT2D eigenvalue weighted by Crippen LogP contribution is -2.50. The van der Waals surface area contributed by atoms with Gasteiger partial charge < -0.3 is 40.7 Å². The second kappa shape index (κ2) is 35.2. The highest BCUT2D eigenvalue weighted by Crippen LogP contribution is 2.33. The van der Waals surface area contributed by atoms with E-state index >= 15 is 0 Å². The fourth-order valence-corrected chi connectivity index (χ4v) is 9.82. The first-order valence-electron chi connectivity index (χ1n) is 28.3. The third-order valence-electron chi connectivity index (χ3n) is 15.0. The third kappa shape index (κ3) is 24.3. The maximum absolute atomic E-state index is 14.4. The van der Waals surface area contributed by atoms with Gasteiger partial charge in [-0.2, -0.15) is 0 Å². The number of aliphatic carboxylic acids is 1. The number of likely N-dealkylation sites (N-methyl/N-ethyl adjacent to an activating group) is 1. The summed E-state index contributed by atoms with van der Waals surface area (Å²) in [6.07, 6.45) is 4.13. The zero-order valence-corrected chi connectivity index (χ0v) is 50.7. The predicted molar refractivity (Wildman–Crippen MR) is 307 cm³/mol. The average Bonchev–Trinajstić information content (AvgIpc) is 3.90. The molecule has 7 atom stereocenters. The van der Waals surface area contributed by atoms with Crippen molar-refractivity contribution >= 4 is 70.1 Å². The van der Waals surface area contributed by atoms with E-state index in [9.17, 15) is 48.3 Å². The van der Waals surface area contributed by atoms with Gasteiger partial charge in [0.15, 0.2) is 11.9 Å². The van der Waals surface area contributed by atoms with Crippen LogP contribution < -0.4 is 21.3 Å². The number of nitrogens with one attached hydrogen (secondary N) is 4. The Kier molecular flexibility index (Phi) is 31.0. The highest BCUT2D eigenvalue weighted by atomic mass is 32.1. The first-order chi connectivity index (χ1) is 37.2. The molecule has 0 aliphatic carbocycles. The number of Topliss-reactive ketones (excluding diaryl/α,β-unsaturated/α-hetero) is 2. The average molecular weight is 1130 g/mol. The van der Waals surface area contributed by atoms with Crippen LogP contribution in [0.3, 0.4) is 0 Å². The van der Waals surface area contributed by atoms with E-state index < -0.39 is 59.3 Å². The molecular formula is C59H95N7O12S. The molecule has 19 nitrogen and oxygen atoms in total. The van der Waals surface area contributed by atoms with E-state index in [2.05, 4.69) is 26.3 Å². The van der Waals surface area contributed by atoms with Crippen LogP contribution in [0.5, 0.6) is 0 Å². The van der Waals surface area contributed by atoms with Gasteiger partial charge in [-0.15, -0.1) is 11.3 Å². The number of aromatic nitrogens is 1. The van der Waals surface area contributed by atoms with E-state index in [1.54, 1.807) is 37.2 Å². The van der Waals surface area contributed by atoms with E-state index in [4.69, 9.17) is 9.47 Å². The molecule has 1 aromatic carbocycles. The van der Waals surface area contributed by atoms with E-state index in [0.717, 1.165) is 28.9 Å². The number of ketones is 2. The molecule has 3 unspecified atom stereocenters. The molecule has 5 amide bonds. The van der Waals surface area contributed by atoms with Crippen LogP contribution >= 0.6 is 11.3 Å². The summed E-state index contributed by atoms with van der Waals surface area (Å²) in [5.41, 5.74) is 1.29. The van der Waals surface area contributed by atoms with Gasteiger partial charge >= 0.3 is 11.9 Å². The van der Waals surface area contributed by atoms with Crippen LogP contribution in [0, 0.1) is 36.5 Å². The molecule has 1 heterocycles. The smallest absolute Gasteiger partial charge is 0.306 e. The van der Waals surface area contributed by atoms with Crippen LogP contribution in [-0.2, 0) is 54.3 Å². The van der Waals surface area contributed by atoms with Crippen molar-refractivity contribution in [3.8, 4) is 0 Å². The van der Waals surface area contributed by atoms with Crippen molar-refractivity contribution in [1.29, 1.82) is 0 Å². The second-order valence-electron chi connectivity index (χ2n) is 22.2. The number of carbonyl (C=O) groups excluding carboxylic acids is 8. The van der Waals surface area contributed by atoms with E-state index in [1.165, 1.54) is 6.92 Å². The van der Waals surface area contributed by atoms with E-state index in [0.29, 0.717) is 69.0 Å². The van der Waals surface area contributed by atoms with Gasteiger partial charge in [0.2, 0.25) is 23.6 Å². The standard InChI is InChI=1S/C59H95N7O12S/c1-15-28-77-29-25-52(70)60-26-19-18-21-43(33-45(68)17-3)54(72)61-27-20-22-53(71)63-47-32-42(24-23-39(47)7)31-44(30-40(8)58(75)76)62-55(73)48-36-79-56(64-48)50(78-41(9)67)35-49(37(4)5)66(14)57(74)46(38(6)16-2)34-51(69)59(10,11)65(12)13/h23-24,32,36-38,40,43-44,46,49-50H,15-22,25-31,33-35H2,1-14H3,(H,60,70)(H,61,72)(H,62,73)(H,63,71)(H,75,76)/t38?,40?,43?,44-,46+,49-,50-/m1/s1. The number of anilines is 1. The highest BCUT2D eigenvalue weighted by molar-refractivity contribution is 7.09. The summed E-state index contributed by atoms with van der Waals surface area (Å²) in [5.74, 6) is -5.16. The SMILES string of the molecule is CCCOCCC(=O)NCCCCC(CC(=O)CC)C(=O)NCCCC(=O)Nc1cc(C[C@@H](CC(C)C(=O)O)NC(=O)c2csc([C@@H](C[C@H](C(C)C)N(C)C(=O)[C@@H](CC(=O)C(C)(C)N(C)C)C(C)CC)OC(C)=O)n2)ccc1C. The Morgan fingerprint density at radius 1 is 0.848 bits per heavy atom. The Labute approximate surface area is 474 Å². The number of unbranched alkanes of at least 4 members (excludes halogenated alkanes) is 1. The number of carboxylic acids is 1. The molecule has 2 rings (SSSR count). The fraction of sp³-hybridized carbons (Fsp3) is 0.695. The van der Waals surface area contributed by atoms with Crippen molar-refractivity contribution in [2.75, 3.05) is 52.8 Å². The molecule has 0 aliphatic heterocycles. The summed E-state index contributed by atoms with van der Waals surface area (Å²) in [6.45, 7) is 21.7. The van der Waals surface area contributed by atoms with Crippen LogP contribution in [0.15, 0.2) is 23.6 Å². The number of benzene rings is 1. The summed E-state index contributed by atoms with van der Waals surface area (Å²) in [6, 6.07) is 4.33. The van der Waals surface area contributed by atoms with Crippen LogP contribution in [0.1, 0.15) is 185 Å². The van der Waals surface area contributed by atoms with Gasteiger partial charge in [0, 0.05) is 107 Å². The van der Waals surface area contributed by atoms with Gasteiger partial charge in [-0.25, -0.2) is 4.98 Å². The monoisotopic (exact) mass is 1130 g/mol. The molecule has 0 radical (unpaired) electrons. The molecule has 20 heteroatoms. The lowest BCUT2D eigenvalue weighted by molar-refractivity contribution is -0.150. The topological polar surface area (TPSA) is 260 Å². The summed E-state index contributed by atoms with van der Waals surface area (Å²) in [5, 5.41) is 23.5. The quantitative estimate of drug-likeness (QED) is 0.0312. The summed E-state index contributed by atoms with van der Waals surface area (Å²) >= 11 is 1.13. The fourth-order valence-electron chi connectivity index (χ4n) is 8.98. The van der Waals surface area contributed by atoms with Gasteiger partial charge in [0.05, 0.1) is 18.1 Å². The molecule has 79 heavy (non-hydrogen) atoms. The predicted octanol–water partition coefficient (Wildman–Crippen LogP) is 8.27. The minimum absolute atomic E-state index is 0.0164. The van der Waals surface area contributed by atoms with Crippen molar-refractivity contribution in [1.82, 2.24) is 30.7 Å². The van der Waals surface area contributed by atoms with Gasteiger partial charge in [-0.1, -0.05) is 73.4 Å². The molecule has 0 bridgehead atoms. The number of aryl methyl sites for hydroxylation is 1. The minimum atomic E-state index is -1.04. The number of rotatable bonds is 39. The number of nitrogens with zero attached hydrogens (tertiary/aromatic N) is 3. The minimum Gasteiger partial charge on any atom is -0.481 e. The Balaban J connectivity index is 2.18. The van der Waals surface area contributed by atoms with Crippen LogP contribution in [-0.4, -0.2) is 138 Å². The van der Waals surface area contributed by atoms with Gasteiger partial charge in [-0.05, 0) is 102 Å². The van der Waals surface area contributed by atoms with Gasteiger partial charge in [-0.3, -0.25) is 48.1 Å². The molecule has 0 saturated carbocycles. The number of hydrogen-bond donors (Lipinski definition) is 5. The molecule has 1 aromatic heterocycles. The van der Waals surface area contributed by atoms with Crippen molar-refractivity contribution in [2.45, 2.75) is 190 Å². The number of amides is 5. The number of ether oxygens (including phenoxy) is 2. The van der Waals surface area contributed by atoms with E-state index in [1.807, 2.05) is 86.5 Å². The zero-order chi connectivity index (χ0) is 59.6. The number of carboxylic acid groups (broad SMARTS) is 1. The highest BCUT2D eigenvalue weighted by Gasteiger charge is 2.39. The Morgan fingerprint density at radius 3 is 2.14 bits per heavy atom. The van der Waals surface area contributed by atoms with Crippen molar-refractivity contribution < 1.29 is 57.7 Å². The van der Waals surface area contributed by atoms with Gasteiger partial charge in [0.25, 0.3) is 5.91 Å².